The molecule has 0 spiro atoms. The maximum Gasteiger partial charge on any atom is 0.240 e. The number of hydrogen-bond donors (Lipinski definition) is 1. The Bertz CT molecular complexity index is 544. The lowest BCUT2D eigenvalue weighted by Crippen LogP contribution is -2.19. The second-order valence-electron chi connectivity index (χ2n) is 5.94. The molecule has 0 radical (unpaired) electrons. The Morgan fingerprint density at radius 2 is 1.71 bits per heavy atom. The Morgan fingerprint density at radius 3 is 2.33 bits per heavy atom. The van der Waals surface area contributed by atoms with Crippen LogP contribution in [0.25, 0.3) is 0 Å². The van der Waals surface area contributed by atoms with E-state index in [2.05, 4.69) is 17.5 Å². The SMILES string of the molecule is CCCCCCCCCC(=O)N/N=C(\CC)c1ccc(Cl)cc1Cl. The Morgan fingerprint density at radius 1 is 1.04 bits per heavy atom. The highest BCUT2D eigenvalue weighted by atomic mass is 35.5. The molecule has 0 atom stereocenters. The number of nitrogens with zero attached hydrogens (tertiary/aromatic N) is 1. The molecule has 0 aliphatic rings. The molecule has 0 aliphatic heterocycles. The standard InChI is InChI=1S/C19H28Cl2N2O/c1-3-5-6-7-8-9-10-11-19(24)23-22-18(4-2)16-13-12-15(20)14-17(16)21/h12-14H,3-11H2,1-2H3,(H,23,24)/b22-18+. The molecule has 0 saturated carbocycles. The van der Waals surface area contributed by atoms with Gasteiger partial charge in [-0.05, 0) is 25.0 Å². The van der Waals surface area contributed by atoms with Crippen LogP contribution in [-0.2, 0) is 4.79 Å². The van der Waals surface area contributed by atoms with Gasteiger partial charge in [0.15, 0.2) is 0 Å². The zero-order valence-corrected chi connectivity index (χ0v) is 16.2. The van der Waals surface area contributed by atoms with Crippen LogP contribution < -0.4 is 5.43 Å². The summed E-state index contributed by atoms with van der Waals surface area (Å²) < 4.78 is 0. The van der Waals surface area contributed by atoms with Crippen molar-refractivity contribution in [3.63, 3.8) is 0 Å². The number of rotatable bonds is 11. The fourth-order valence-corrected chi connectivity index (χ4v) is 3.00. The highest BCUT2D eigenvalue weighted by molar-refractivity contribution is 6.37. The van der Waals surface area contributed by atoms with Crippen molar-refractivity contribution in [2.45, 2.75) is 71.6 Å². The van der Waals surface area contributed by atoms with Gasteiger partial charge in [0.25, 0.3) is 0 Å². The summed E-state index contributed by atoms with van der Waals surface area (Å²) in [6.07, 6.45) is 9.55. The van der Waals surface area contributed by atoms with Crippen molar-refractivity contribution in [2.75, 3.05) is 0 Å². The average Bonchev–Trinajstić information content (AvgIpc) is 2.56. The Balaban J connectivity index is 2.38. The molecule has 0 aliphatic carbocycles. The van der Waals surface area contributed by atoms with Crippen LogP contribution in [0.2, 0.25) is 10.0 Å². The van der Waals surface area contributed by atoms with Gasteiger partial charge in [0, 0.05) is 17.0 Å². The van der Waals surface area contributed by atoms with Crippen LogP contribution in [0.15, 0.2) is 23.3 Å². The highest BCUT2D eigenvalue weighted by Gasteiger charge is 2.08. The molecule has 0 heterocycles. The van der Waals surface area contributed by atoms with E-state index in [1.54, 1.807) is 12.1 Å². The van der Waals surface area contributed by atoms with Crippen molar-refractivity contribution in [1.29, 1.82) is 0 Å². The second-order valence-corrected chi connectivity index (χ2v) is 6.79. The van der Waals surface area contributed by atoms with Crippen molar-refractivity contribution >= 4 is 34.8 Å². The minimum Gasteiger partial charge on any atom is -0.273 e. The first-order valence-electron chi connectivity index (χ1n) is 8.89. The summed E-state index contributed by atoms with van der Waals surface area (Å²) in [6, 6.07) is 5.29. The van der Waals surface area contributed by atoms with Crippen molar-refractivity contribution in [3.8, 4) is 0 Å². The van der Waals surface area contributed by atoms with Crippen molar-refractivity contribution < 1.29 is 4.79 Å². The molecule has 0 bridgehead atoms. The number of hydrazone groups is 1. The molecule has 134 valence electrons. The minimum atomic E-state index is -0.0420. The predicted molar refractivity (Wildman–Crippen MR) is 104 cm³/mol. The average molecular weight is 371 g/mol. The van der Waals surface area contributed by atoms with Crippen LogP contribution in [0.1, 0.15) is 77.2 Å². The van der Waals surface area contributed by atoms with E-state index in [1.165, 1.54) is 32.1 Å². The Hall–Kier alpha value is -1.06. The third-order valence-electron chi connectivity index (χ3n) is 3.90. The number of nitrogens with one attached hydrogen (secondary N) is 1. The maximum atomic E-state index is 11.9. The third-order valence-corrected chi connectivity index (χ3v) is 4.45. The molecule has 3 nitrogen and oxygen atoms in total. The summed E-state index contributed by atoms with van der Waals surface area (Å²) in [4.78, 5) is 11.9. The van der Waals surface area contributed by atoms with E-state index >= 15 is 0 Å². The van der Waals surface area contributed by atoms with Crippen LogP contribution in [0.4, 0.5) is 0 Å². The van der Waals surface area contributed by atoms with Crippen molar-refractivity contribution in [3.05, 3.63) is 33.8 Å². The third kappa shape index (κ3) is 8.16. The molecule has 0 aromatic heterocycles. The summed E-state index contributed by atoms with van der Waals surface area (Å²) in [5.74, 6) is -0.0420. The number of amides is 1. The predicted octanol–water partition coefficient (Wildman–Crippen LogP) is 6.36. The second kappa shape index (κ2) is 12.3. The highest BCUT2D eigenvalue weighted by Crippen LogP contribution is 2.22. The molecule has 1 aromatic rings. The van der Waals surface area contributed by atoms with Gasteiger partial charge in [-0.2, -0.15) is 5.10 Å². The van der Waals surface area contributed by atoms with Crippen LogP contribution in [0.5, 0.6) is 0 Å². The smallest absolute Gasteiger partial charge is 0.240 e. The fourth-order valence-electron chi connectivity index (χ4n) is 2.48. The van der Waals surface area contributed by atoms with E-state index in [9.17, 15) is 4.79 Å². The molecule has 0 fully saturated rings. The van der Waals surface area contributed by atoms with Crippen molar-refractivity contribution in [2.24, 2.45) is 5.10 Å². The summed E-state index contributed by atoms with van der Waals surface area (Å²) in [5.41, 5.74) is 4.20. The number of benzene rings is 1. The van der Waals surface area contributed by atoms with E-state index in [0.717, 1.165) is 24.1 Å². The fraction of sp³-hybridized carbons (Fsp3) is 0.579. The zero-order valence-electron chi connectivity index (χ0n) is 14.7. The molecular formula is C19H28Cl2N2O. The molecule has 0 unspecified atom stereocenters. The molecule has 1 N–H and O–H groups in total. The minimum absolute atomic E-state index is 0.0420. The van der Waals surface area contributed by atoms with Crippen LogP contribution in [0, 0.1) is 0 Å². The van der Waals surface area contributed by atoms with Crippen molar-refractivity contribution in [1.82, 2.24) is 5.43 Å². The van der Waals surface area contributed by atoms with Crippen LogP contribution >= 0.6 is 23.2 Å². The summed E-state index contributed by atoms with van der Waals surface area (Å²) in [6.45, 7) is 4.19. The normalized spacial score (nSPS) is 11.6. The molecule has 24 heavy (non-hydrogen) atoms. The van der Waals surface area contributed by atoms with Gasteiger partial charge in [-0.3, -0.25) is 4.79 Å². The first kappa shape index (κ1) is 21.0. The van der Waals surface area contributed by atoms with Gasteiger partial charge in [-0.25, -0.2) is 5.43 Å². The van der Waals surface area contributed by atoms with Gasteiger partial charge in [0.1, 0.15) is 0 Å². The van der Waals surface area contributed by atoms with Gasteiger partial charge < -0.3 is 0 Å². The molecule has 1 amide bonds. The van der Waals surface area contributed by atoms with Crippen LogP contribution in [-0.4, -0.2) is 11.6 Å². The topological polar surface area (TPSA) is 41.5 Å². The van der Waals surface area contributed by atoms with E-state index in [1.807, 2.05) is 13.0 Å². The van der Waals surface area contributed by atoms with E-state index in [4.69, 9.17) is 23.2 Å². The zero-order chi connectivity index (χ0) is 17.8. The van der Waals surface area contributed by atoms with E-state index in [-0.39, 0.29) is 5.91 Å². The summed E-state index contributed by atoms with van der Waals surface area (Å²) in [7, 11) is 0. The number of carbonyl (C=O) groups excluding carboxylic acids is 1. The van der Waals surface area contributed by atoms with Crippen LogP contribution in [0.3, 0.4) is 0 Å². The lowest BCUT2D eigenvalue weighted by molar-refractivity contribution is -0.121. The lowest BCUT2D eigenvalue weighted by Gasteiger charge is -2.08. The largest absolute Gasteiger partial charge is 0.273 e. The van der Waals surface area contributed by atoms with E-state index in [0.29, 0.717) is 22.9 Å². The number of halogens is 2. The lowest BCUT2D eigenvalue weighted by atomic mass is 10.1. The molecular weight excluding hydrogens is 343 g/mol. The van der Waals surface area contributed by atoms with Gasteiger partial charge in [0.2, 0.25) is 5.91 Å². The molecule has 1 aromatic carbocycles. The van der Waals surface area contributed by atoms with Gasteiger partial charge in [0.05, 0.1) is 10.7 Å². The number of hydrogen-bond acceptors (Lipinski definition) is 2. The summed E-state index contributed by atoms with van der Waals surface area (Å²) in [5, 5.41) is 5.36. The summed E-state index contributed by atoms with van der Waals surface area (Å²) >= 11 is 12.1. The quantitative estimate of drug-likeness (QED) is 0.274. The van der Waals surface area contributed by atoms with E-state index < -0.39 is 0 Å². The number of carbonyl (C=O) groups is 1. The number of unbranched alkanes of at least 4 members (excludes halogenated alkanes) is 6. The monoisotopic (exact) mass is 370 g/mol. The molecule has 5 heteroatoms. The van der Waals surface area contributed by atoms with Gasteiger partial charge in [-0.15, -0.1) is 0 Å². The molecule has 1 rings (SSSR count). The first-order valence-corrected chi connectivity index (χ1v) is 9.64. The molecule has 0 saturated heterocycles. The maximum absolute atomic E-state index is 11.9. The Kier molecular flexibility index (Phi) is 10.8. The first-order chi connectivity index (χ1) is 11.6. The van der Waals surface area contributed by atoms with Gasteiger partial charge >= 0.3 is 0 Å². The van der Waals surface area contributed by atoms with Gasteiger partial charge in [-0.1, -0.05) is 81.6 Å². The Labute approximate surface area is 155 Å².